The van der Waals surface area contributed by atoms with Crippen molar-refractivity contribution in [3.8, 4) is 5.75 Å². The van der Waals surface area contributed by atoms with E-state index in [0.29, 0.717) is 24.3 Å². The van der Waals surface area contributed by atoms with E-state index in [9.17, 15) is 4.79 Å². The van der Waals surface area contributed by atoms with Crippen LogP contribution in [0.25, 0.3) is 0 Å². The number of benzene rings is 1. The average molecular weight is 195 g/mol. The molecule has 0 heterocycles. The number of carboxylic acids is 1. The van der Waals surface area contributed by atoms with Gasteiger partial charge >= 0.3 is 5.97 Å². The zero-order chi connectivity index (χ0) is 10.6. The molecule has 0 aliphatic carbocycles. The summed E-state index contributed by atoms with van der Waals surface area (Å²) in [6.45, 7) is 0.403. The Bertz CT molecular complexity index is 336. The molecule has 4 nitrogen and oxygen atoms in total. The van der Waals surface area contributed by atoms with Gasteiger partial charge in [-0.2, -0.15) is 0 Å². The summed E-state index contributed by atoms with van der Waals surface area (Å²) >= 11 is 0. The minimum atomic E-state index is -0.952. The molecule has 0 atom stereocenters. The minimum absolute atomic E-state index is 0.259. The molecule has 1 aromatic rings. The van der Waals surface area contributed by atoms with Gasteiger partial charge in [0.05, 0.1) is 12.7 Å². The monoisotopic (exact) mass is 195 g/mol. The minimum Gasteiger partial charge on any atom is -0.496 e. The van der Waals surface area contributed by atoms with Crippen molar-refractivity contribution in [2.24, 2.45) is 5.73 Å². The second kappa shape index (κ2) is 4.62. The van der Waals surface area contributed by atoms with Crippen molar-refractivity contribution < 1.29 is 14.6 Å². The number of nitrogens with two attached hydrogens (primary N) is 1. The van der Waals surface area contributed by atoms with Gasteiger partial charge in [0.15, 0.2) is 0 Å². The maximum Gasteiger partial charge on any atom is 0.336 e. The first-order chi connectivity index (χ1) is 6.70. The third kappa shape index (κ3) is 2.03. The zero-order valence-corrected chi connectivity index (χ0v) is 7.99. The molecule has 14 heavy (non-hydrogen) atoms. The number of carboxylic acid groups (broad SMARTS) is 1. The first kappa shape index (κ1) is 10.5. The number of aromatic carboxylic acids is 1. The van der Waals surface area contributed by atoms with E-state index in [2.05, 4.69) is 0 Å². The lowest BCUT2D eigenvalue weighted by Gasteiger charge is -2.09. The van der Waals surface area contributed by atoms with Crippen LogP contribution in [0.2, 0.25) is 0 Å². The number of ether oxygens (including phenoxy) is 1. The molecule has 0 amide bonds. The van der Waals surface area contributed by atoms with E-state index >= 15 is 0 Å². The van der Waals surface area contributed by atoms with Crippen LogP contribution in [0, 0.1) is 0 Å². The third-order valence-corrected chi connectivity index (χ3v) is 1.98. The van der Waals surface area contributed by atoms with Crippen molar-refractivity contribution in [2.45, 2.75) is 6.42 Å². The van der Waals surface area contributed by atoms with Gasteiger partial charge < -0.3 is 15.6 Å². The summed E-state index contributed by atoms with van der Waals surface area (Å²) in [4.78, 5) is 10.9. The molecular formula is C10H13NO3. The molecule has 0 spiro atoms. The van der Waals surface area contributed by atoms with Crippen LogP contribution in [0.15, 0.2) is 18.2 Å². The molecule has 0 saturated heterocycles. The number of methoxy groups -OCH3 is 1. The Morgan fingerprint density at radius 2 is 2.29 bits per heavy atom. The molecule has 0 bridgehead atoms. The fourth-order valence-electron chi connectivity index (χ4n) is 1.36. The van der Waals surface area contributed by atoms with Gasteiger partial charge in [0.2, 0.25) is 0 Å². The van der Waals surface area contributed by atoms with Crippen molar-refractivity contribution in [1.29, 1.82) is 0 Å². The molecule has 1 aromatic carbocycles. The van der Waals surface area contributed by atoms with Crippen LogP contribution in [0.4, 0.5) is 0 Å². The Morgan fingerprint density at radius 3 is 2.79 bits per heavy atom. The quantitative estimate of drug-likeness (QED) is 0.748. The van der Waals surface area contributed by atoms with Crippen molar-refractivity contribution in [3.05, 3.63) is 29.3 Å². The van der Waals surface area contributed by atoms with Gasteiger partial charge in [-0.3, -0.25) is 0 Å². The predicted molar refractivity (Wildman–Crippen MR) is 52.7 cm³/mol. The molecule has 0 aliphatic heterocycles. The van der Waals surface area contributed by atoms with Crippen LogP contribution in [0.5, 0.6) is 5.75 Å². The van der Waals surface area contributed by atoms with Gasteiger partial charge in [-0.1, -0.05) is 6.07 Å². The van der Waals surface area contributed by atoms with Gasteiger partial charge in [-0.25, -0.2) is 4.79 Å². The summed E-state index contributed by atoms with van der Waals surface area (Å²) in [6, 6.07) is 4.94. The lowest BCUT2D eigenvalue weighted by Crippen LogP contribution is -2.10. The van der Waals surface area contributed by atoms with Gasteiger partial charge in [0.25, 0.3) is 0 Å². The smallest absolute Gasteiger partial charge is 0.336 e. The van der Waals surface area contributed by atoms with Crippen LogP contribution in [-0.2, 0) is 6.42 Å². The normalized spacial score (nSPS) is 9.86. The van der Waals surface area contributed by atoms with E-state index in [-0.39, 0.29) is 5.56 Å². The van der Waals surface area contributed by atoms with Crippen LogP contribution in [0.3, 0.4) is 0 Å². The Hall–Kier alpha value is -1.55. The van der Waals surface area contributed by atoms with E-state index in [1.54, 1.807) is 18.2 Å². The molecule has 4 heteroatoms. The fourth-order valence-corrected chi connectivity index (χ4v) is 1.36. The summed E-state index contributed by atoms with van der Waals surface area (Å²) in [5.74, 6) is -0.372. The fraction of sp³-hybridized carbons (Fsp3) is 0.300. The van der Waals surface area contributed by atoms with Crippen molar-refractivity contribution in [3.63, 3.8) is 0 Å². The molecular weight excluding hydrogens is 182 g/mol. The van der Waals surface area contributed by atoms with E-state index in [1.807, 2.05) is 0 Å². The SMILES string of the molecule is COc1cccc(C(=O)O)c1CCN. The number of rotatable bonds is 4. The summed E-state index contributed by atoms with van der Waals surface area (Å²) in [6.07, 6.45) is 0.506. The highest BCUT2D eigenvalue weighted by atomic mass is 16.5. The Kier molecular flexibility index (Phi) is 3.48. The van der Waals surface area contributed by atoms with Crippen LogP contribution >= 0.6 is 0 Å². The Labute approximate surface area is 82.3 Å². The highest BCUT2D eigenvalue weighted by Gasteiger charge is 2.13. The van der Waals surface area contributed by atoms with Crippen molar-refractivity contribution in [2.75, 3.05) is 13.7 Å². The van der Waals surface area contributed by atoms with Gasteiger partial charge in [0, 0.05) is 5.56 Å². The second-order valence-electron chi connectivity index (χ2n) is 2.83. The summed E-state index contributed by atoms with van der Waals surface area (Å²) in [5, 5.41) is 8.92. The first-order valence-corrected chi connectivity index (χ1v) is 4.30. The lowest BCUT2D eigenvalue weighted by atomic mass is 10.0. The molecule has 0 radical (unpaired) electrons. The average Bonchev–Trinajstić information content (AvgIpc) is 2.18. The van der Waals surface area contributed by atoms with E-state index in [1.165, 1.54) is 7.11 Å². The maximum atomic E-state index is 10.9. The standard InChI is InChI=1S/C10H13NO3/c1-14-9-4-2-3-8(10(12)13)7(9)5-6-11/h2-4H,5-6,11H2,1H3,(H,12,13). The predicted octanol–water partition coefficient (Wildman–Crippen LogP) is 0.895. The Balaban J connectivity index is 3.20. The second-order valence-corrected chi connectivity index (χ2v) is 2.83. The van der Waals surface area contributed by atoms with Gasteiger partial charge in [-0.15, -0.1) is 0 Å². The molecule has 0 aromatic heterocycles. The molecule has 0 aliphatic rings. The zero-order valence-electron chi connectivity index (χ0n) is 7.99. The first-order valence-electron chi connectivity index (χ1n) is 4.30. The maximum absolute atomic E-state index is 10.9. The van der Waals surface area contributed by atoms with Crippen LogP contribution < -0.4 is 10.5 Å². The van der Waals surface area contributed by atoms with Crippen molar-refractivity contribution >= 4 is 5.97 Å². The highest BCUT2D eigenvalue weighted by Crippen LogP contribution is 2.22. The number of carbonyl (C=O) groups is 1. The third-order valence-electron chi connectivity index (χ3n) is 1.98. The molecule has 1 rings (SSSR count). The topological polar surface area (TPSA) is 72.5 Å². The number of hydrogen-bond acceptors (Lipinski definition) is 3. The van der Waals surface area contributed by atoms with Crippen molar-refractivity contribution in [1.82, 2.24) is 0 Å². The molecule has 0 saturated carbocycles. The highest BCUT2D eigenvalue weighted by molar-refractivity contribution is 5.90. The molecule has 76 valence electrons. The molecule has 0 fully saturated rings. The van der Waals surface area contributed by atoms with E-state index < -0.39 is 5.97 Å². The van der Waals surface area contributed by atoms with E-state index in [0.717, 1.165) is 0 Å². The van der Waals surface area contributed by atoms with Gasteiger partial charge in [0.1, 0.15) is 5.75 Å². The van der Waals surface area contributed by atoms with E-state index in [4.69, 9.17) is 15.6 Å². The number of hydrogen-bond donors (Lipinski definition) is 2. The van der Waals surface area contributed by atoms with Crippen LogP contribution in [0.1, 0.15) is 15.9 Å². The molecule has 3 N–H and O–H groups in total. The van der Waals surface area contributed by atoms with Gasteiger partial charge in [-0.05, 0) is 25.1 Å². The van der Waals surface area contributed by atoms with Crippen LogP contribution in [-0.4, -0.2) is 24.7 Å². The summed E-state index contributed by atoms with van der Waals surface area (Å²) in [5.41, 5.74) is 6.32. The summed E-state index contributed by atoms with van der Waals surface area (Å²) < 4.78 is 5.07. The molecule has 0 unspecified atom stereocenters. The summed E-state index contributed by atoms with van der Waals surface area (Å²) in [7, 11) is 1.51. The Morgan fingerprint density at radius 1 is 1.57 bits per heavy atom. The lowest BCUT2D eigenvalue weighted by molar-refractivity contribution is 0.0695. The largest absolute Gasteiger partial charge is 0.496 e.